The first-order chi connectivity index (χ1) is 8.09. The Morgan fingerprint density at radius 1 is 1.41 bits per heavy atom. The van der Waals surface area contributed by atoms with Crippen molar-refractivity contribution in [2.75, 3.05) is 6.54 Å². The number of carboxylic acid groups (broad SMARTS) is 1. The number of rotatable bonds is 1. The van der Waals surface area contributed by atoms with Gasteiger partial charge in [0.2, 0.25) is 0 Å². The lowest BCUT2D eigenvalue weighted by Crippen LogP contribution is -2.48. The number of benzene rings is 1. The van der Waals surface area contributed by atoms with Gasteiger partial charge in [-0.25, -0.2) is 9.18 Å². The van der Waals surface area contributed by atoms with Crippen LogP contribution in [0.4, 0.5) is 9.18 Å². The summed E-state index contributed by atoms with van der Waals surface area (Å²) in [6.45, 7) is 0.477. The number of amides is 1. The molecule has 2 atom stereocenters. The van der Waals surface area contributed by atoms with E-state index in [2.05, 4.69) is 0 Å². The number of nitrogens with two attached hydrogens (primary N) is 1. The molecule has 1 fully saturated rings. The molecule has 1 aliphatic heterocycles. The minimum absolute atomic E-state index is 0.231. The summed E-state index contributed by atoms with van der Waals surface area (Å²) in [7, 11) is 0. The van der Waals surface area contributed by atoms with Crippen LogP contribution >= 0.6 is 0 Å². The van der Waals surface area contributed by atoms with Crippen LogP contribution in [0, 0.1) is 5.82 Å². The zero-order valence-corrected chi connectivity index (χ0v) is 9.34. The fraction of sp³-hybridized carbons (Fsp3) is 0.417. The molecule has 0 aliphatic carbocycles. The summed E-state index contributed by atoms with van der Waals surface area (Å²) in [6.07, 6.45) is 0.575. The molecule has 17 heavy (non-hydrogen) atoms. The fourth-order valence-corrected chi connectivity index (χ4v) is 2.33. The molecule has 1 aliphatic rings. The van der Waals surface area contributed by atoms with E-state index in [1.165, 1.54) is 17.0 Å². The van der Waals surface area contributed by atoms with Crippen molar-refractivity contribution in [1.29, 1.82) is 0 Å². The van der Waals surface area contributed by atoms with Crippen LogP contribution < -0.4 is 5.73 Å². The lowest BCUT2D eigenvalue weighted by atomic mass is 9.91. The van der Waals surface area contributed by atoms with Gasteiger partial charge in [-0.15, -0.1) is 0 Å². The van der Waals surface area contributed by atoms with Crippen molar-refractivity contribution in [3.05, 3.63) is 35.6 Å². The van der Waals surface area contributed by atoms with Crippen LogP contribution in [0.25, 0.3) is 0 Å². The molecule has 3 N–H and O–H groups in total. The van der Waals surface area contributed by atoms with Crippen molar-refractivity contribution in [3.63, 3.8) is 0 Å². The van der Waals surface area contributed by atoms with Crippen molar-refractivity contribution in [3.8, 4) is 0 Å². The third-order valence-corrected chi connectivity index (χ3v) is 3.14. The lowest BCUT2D eigenvalue weighted by Gasteiger charge is -2.38. The second kappa shape index (κ2) is 4.71. The van der Waals surface area contributed by atoms with E-state index in [4.69, 9.17) is 10.8 Å². The standard InChI is InChI=1S/C12H15FN2O2/c13-9-5-3-8(4-6-9)11-10(14)2-1-7-15(11)12(16)17/h3-6,10-11H,1-2,7,14H2,(H,16,17). The van der Waals surface area contributed by atoms with Gasteiger partial charge in [0.15, 0.2) is 0 Å². The zero-order chi connectivity index (χ0) is 12.4. The maximum Gasteiger partial charge on any atom is 0.407 e. The molecule has 1 heterocycles. The Balaban J connectivity index is 2.31. The van der Waals surface area contributed by atoms with Crippen LogP contribution in [-0.2, 0) is 0 Å². The molecule has 1 amide bonds. The van der Waals surface area contributed by atoms with Crippen molar-refractivity contribution in [2.45, 2.75) is 24.9 Å². The Morgan fingerprint density at radius 2 is 2.06 bits per heavy atom. The topological polar surface area (TPSA) is 66.6 Å². The summed E-state index contributed by atoms with van der Waals surface area (Å²) in [5, 5.41) is 9.14. The number of hydrogen-bond acceptors (Lipinski definition) is 2. The summed E-state index contributed by atoms with van der Waals surface area (Å²) < 4.78 is 12.8. The number of carbonyl (C=O) groups is 1. The second-order valence-corrected chi connectivity index (χ2v) is 4.28. The third kappa shape index (κ3) is 2.39. The largest absolute Gasteiger partial charge is 0.465 e. The predicted molar refractivity (Wildman–Crippen MR) is 61.1 cm³/mol. The maximum absolute atomic E-state index is 12.8. The quantitative estimate of drug-likeness (QED) is 0.786. The van der Waals surface area contributed by atoms with Gasteiger partial charge in [-0.05, 0) is 30.5 Å². The Hall–Kier alpha value is -1.62. The van der Waals surface area contributed by atoms with Gasteiger partial charge in [0, 0.05) is 12.6 Å². The molecule has 5 heteroatoms. The molecule has 0 saturated carbocycles. The van der Waals surface area contributed by atoms with E-state index in [0.29, 0.717) is 6.54 Å². The van der Waals surface area contributed by atoms with Gasteiger partial charge in [-0.2, -0.15) is 0 Å². The SMILES string of the molecule is NC1CCCN(C(=O)O)C1c1ccc(F)cc1. The molecular formula is C12H15FN2O2. The summed E-state index contributed by atoms with van der Waals surface area (Å²) in [6, 6.07) is 5.25. The molecular weight excluding hydrogens is 223 g/mol. The first-order valence-electron chi connectivity index (χ1n) is 5.60. The highest BCUT2D eigenvalue weighted by atomic mass is 19.1. The molecule has 4 nitrogen and oxygen atoms in total. The van der Waals surface area contributed by atoms with Gasteiger partial charge in [0.1, 0.15) is 5.82 Å². The van der Waals surface area contributed by atoms with Crippen LogP contribution in [0.1, 0.15) is 24.4 Å². The van der Waals surface area contributed by atoms with E-state index in [1.54, 1.807) is 12.1 Å². The van der Waals surface area contributed by atoms with Crippen LogP contribution in [-0.4, -0.2) is 28.7 Å². The van der Waals surface area contributed by atoms with Crippen LogP contribution in [0.2, 0.25) is 0 Å². The average molecular weight is 238 g/mol. The highest BCUT2D eigenvalue weighted by molar-refractivity contribution is 5.66. The number of halogens is 1. The van der Waals surface area contributed by atoms with E-state index in [9.17, 15) is 9.18 Å². The normalized spacial score (nSPS) is 24.7. The molecule has 2 rings (SSSR count). The first kappa shape index (κ1) is 11.9. The molecule has 0 spiro atoms. The van der Waals surface area contributed by atoms with Crippen molar-refractivity contribution in [2.24, 2.45) is 5.73 Å². The highest BCUT2D eigenvalue weighted by Gasteiger charge is 2.33. The summed E-state index contributed by atoms with van der Waals surface area (Å²) >= 11 is 0. The molecule has 92 valence electrons. The third-order valence-electron chi connectivity index (χ3n) is 3.14. The molecule has 2 unspecified atom stereocenters. The summed E-state index contributed by atoms with van der Waals surface area (Å²) in [5.41, 5.74) is 6.73. The predicted octanol–water partition coefficient (Wildman–Crippen LogP) is 1.97. The van der Waals surface area contributed by atoms with Crippen molar-refractivity contribution < 1.29 is 14.3 Å². The van der Waals surface area contributed by atoms with Gasteiger partial charge in [0.05, 0.1) is 6.04 Å². The van der Waals surface area contributed by atoms with Crippen molar-refractivity contribution in [1.82, 2.24) is 4.90 Å². The fourth-order valence-electron chi connectivity index (χ4n) is 2.33. The number of likely N-dealkylation sites (tertiary alicyclic amines) is 1. The maximum atomic E-state index is 12.8. The Bertz CT molecular complexity index is 407. The number of nitrogens with zero attached hydrogens (tertiary/aromatic N) is 1. The van der Waals surface area contributed by atoms with E-state index < -0.39 is 6.09 Å². The molecule has 0 radical (unpaired) electrons. The van der Waals surface area contributed by atoms with Crippen LogP contribution in [0.5, 0.6) is 0 Å². The number of piperidine rings is 1. The first-order valence-corrected chi connectivity index (χ1v) is 5.60. The molecule has 0 aromatic heterocycles. The second-order valence-electron chi connectivity index (χ2n) is 4.28. The Labute approximate surface area is 98.8 Å². The Kier molecular flexibility index (Phi) is 3.28. The zero-order valence-electron chi connectivity index (χ0n) is 9.34. The van der Waals surface area contributed by atoms with Gasteiger partial charge in [0.25, 0.3) is 0 Å². The summed E-state index contributed by atoms with van der Waals surface area (Å²) in [4.78, 5) is 12.5. The van der Waals surface area contributed by atoms with E-state index in [0.717, 1.165) is 18.4 Å². The van der Waals surface area contributed by atoms with E-state index >= 15 is 0 Å². The van der Waals surface area contributed by atoms with Crippen molar-refractivity contribution >= 4 is 6.09 Å². The minimum atomic E-state index is -0.977. The molecule has 1 aromatic rings. The Morgan fingerprint density at radius 3 is 2.65 bits per heavy atom. The highest BCUT2D eigenvalue weighted by Crippen LogP contribution is 2.30. The minimum Gasteiger partial charge on any atom is -0.465 e. The van der Waals surface area contributed by atoms with Gasteiger partial charge >= 0.3 is 6.09 Å². The van der Waals surface area contributed by atoms with Gasteiger partial charge in [-0.1, -0.05) is 12.1 Å². The van der Waals surface area contributed by atoms with Gasteiger partial charge in [-0.3, -0.25) is 4.90 Å². The van der Waals surface area contributed by atoms with E-state index in [-0.39, 0.29) is 17.9 Å². The average Bonchev–Trinajstić information content (AvgIpc) is 2.30. The molecule has 1 aromatic carbocycles. The molecule has 0 bridgehead atoms. The van der Waals surface area contributed by atoms with E-state index in [1.807, 2.05) is 0 Å². The lowest BCUT2D eigenvalue weighted by molar-refractivity contribution is 0.0974. The van der Waals surface area contributed by atoms with Gasteiger partial charge < -0.3 is 10.8 Å². The summed E-state index contributed by atoms with van der Waals surface area (Å²) in [5.74, 6) is -0.333. The number of hydrogen-bond donors (Lipinski definition) is 2. The monoisotopic (exact) mass is 238 g/mol. The molecule has 1 saturated heterocycles. The van der Waals surface area contributed by atoms with Crippen LogP contribution in [0.15, 0.2) is 24.3 Å². The van der Waals surface area contributed by atoms with Crippen LogP contribution in [0.3, 0.4) is 0 Å². The smallest absolute Gasteiger partial charge is 0.407 e.